The molecule has 7 heteroatoms. The van der Waals surface area contributed by atoms with Crippen molar-refractivity contribution < 1.29 is 19.1 Å². The summed E-state index contributed by atoms with van der Waals surface area (Å²) in [4.78, 5) is 38.7. The number of anilines is 1. The summed E-state index contributed by atoms with van der Waals surface area (Å²) in [6.07, 6.45) is 9.71. The third-order valence-electron chi connectivity index (χ3n) is 4.65. The van der Waals surface area contributed by atoms with Crippen molar-refractivity contribution in [1.82, 2.24) is 4.90 Å². The maximum atomic E-state index is 12.3. The smallest absolute Gasteiger partial charge is 0.341 e. The summed E-state index contributed by atoms with van der Waals surface area (Å²) in [6.45, 7) is 3.91. The van der Waals surface area contributed by atoms with E-state index in [1.54, 1.807) is 21.0 Å². The van der Waals surface area contributed by atoms with E-state index < -0.39 is 5.97 Å². The SMILES string of the molecule is CCCCCCCCCCC(=O)Nc1sc(C(=O)N(C)C)c(C)c1C(=O)OC. The van der Waals surface area contributed by atoms with Gasteiger partial charge in [-0.05, 0) is 18.9 Å². The highest BCUT2D eigenvalue weighted by Gasteiger charge is 2.26. The van der Waals surface area contributed by atoms with E-state index in [2.05, 4.69) is 12.2 Å². The zero-order chi connectivity index (χ0) is 21.1. The van der Waals surface area contributed by atoms with Gasteiger partial charge in [-0.15, -0.1) is 11.3 Å². The van der Waals surface area contributed by atoms with E-state index in [0.717, 1.165) is 30.6 Å². The lowest BCUT2D eigenvalue weighted by Crippen LogP contribution is -2.21. The third kappa shape index (κ3) is 7.26. The molecule has 2 amide bonds. The fourth-order valence-corrected chi connectivity index (χ4v) is 4.20. The molecule has 0 atom stereocenters. The summed E-state index contributed by atoms with van der Waals surface area (Å²) in [7, 11) is 4.60. The van der Waals surface area contributed by atoms with E-state index in [0.29, 0.717) is 21.9 Å². The van der Waals surface area contributed by atoms with Gasteiger partial charge in [-0.3, -0.25) is 9.59 Å². The molecule has 28 heavy (non-hydrogen) atoms. The fourth-order valence-electron chi connectivity index (χ4n) is 2.97. The summed E-state index contributed by atoms with van der Waals surface area (Å²) in [5.74, 6) is -0.883. The second-order valence-corrected chi connectivity index (χ2v) is 8.25. The Morgan fingerprint density at radius 1 is 1.00 bits per heavy atom. The predicted octanol–water partition coefficient (Wildman–Crippen LogP) is 5.01. The van der Waals surface area contributed by atoms with Gasteiger partial charge in [0.25, 0.3) is 5.91 Å². The van der Waals surface area contributed by atoms with Crippen LogP contribution in [0, 0.1) is 6.92 Å². The normalized spacial score (nSPS) is 10.6. The van der Waals surface area contributed by atoms with Crippen molar-refractivity contribution in [3.05, 3.63) is 16.0 Å². The minimum Gasteiger partial charge on any atom is -0.465 e. The Morgan fingerprint density at radius 2 is 1.57 bits per heavy atom. The molecule has 0 fully saturated rings. The summed E-state index contributed by atoms with van der Waals surface area (Å²) >= 11 is 1.13. The summed E-state index contributed by atoms with van der Waals surface area (Å²) in [5.41, 5.74) is 0.805. The van der Waals surface area contributed by atoms with Crippen molar-refractivity contribution in [2.24, 2.45) is 0 Å². The molecule has 6 nitrogen and oxygen atoms in total. The van der Waals surface area contributed by atoms with Crippen molar-refractivity contribution in [3.63, 3.8) is 0 Å². The lowest BCUT2D eigenvalue weighted by atomic mass is 10.1. The maximum Gasteiger partial charge on any atom is 0.341 e. The highest BCUT2D eigenvalue weighted by molar-refractivity contribution is 7.18. The number of carbonyl (C=O) groups is 3. The predicted molar refractivity (Wildman–Crippen MR) is 114 cm³/mol. The standard InChI is InChI=1S/C21H34N2O4S/c1-6-7-8-9-10-11-12-13-14-16(24)22-19-17(21(26)27-5)15(2)18(28-19)20(25)23(3)4/h6-14H2,1-5H3,(H,22,24). The number of hydrogen-bond acceptors (Lipinski definition) is 5. The van der Waals surface area contributed by atoms with Gasteiger partial charge < -0.3 is 15.0 Å². The van der Waals surface area contributed by atoms with Crippen LogP contribution in [0.5, 0.6) is 0 Å². The Morgan fingerprint density at radius 3 is 2.11 bits per heavy atom. The number of rotatable bonds is 12. The fraction of sp³-hybridized carbons (Fsp3) is 0.667. The molecule has 1 aromatic rings. The second kappa shape index (κ2) is 12.5. The molecule has 0 saturated heterocycles. The summed E-state index contributed by atoms with van der Waals surface area (Å²) in [5, 5.41) is 3.20. The Hall–Kier alpha value is -1.89. The quantitative estimate of drug-likeness (QED) is 0.388. The molecule has 0 aliphatic rings. The lowest BCUT2D eigenvalue weighted by molar-refractivity contribution is -0.116. The number of ether oxygens (including phenoxy) is 1. The van der Waals surface area contributed by atoms with Gasteiger partial charge in [0.05, 0.1) is 17.6 Å². The second-order valence-electron chi connectivity index (χ2n) is 7.22. The Balaban J connectivity index is 2.64. The molecular weight excluding hydrogens is 376 g/mol. The molecule has 0 saturated carbocycles. The van der Waals surface area contributed by atoms with Crippen LogP contribution in [-0.4, -0.2) is 43.9 Å². The Labute approximate surface area is 172 Å². The summed E-state index contributed by atoms with van der Waals surface area (Å²) < 4.78 is 4.84. The highest BCUT2D eigenvalue weighted by atomic mass is 32.1. The largest absolute Gasteiger partial charge is 0.465 e. The van der Waals surface area contributed by atoms with E-state index in [1.165, 1.54) is 44.1 Å². The van der Waals surface area contributed by atoms with Gasteiger partial charge in [0.15, 0.2) is 0 Å². The molecule has 1 rings (SSSR count). The summed E-state index contributed by atoms with van der Waals surface area (Å²) in [6, 6.07) is 0. The first-order chi connectivity index (χ1) is 13.3. The van der Waals surface area contributed by atoms with Crippen molar-refractivity contribution >= 4 is 34.1 Å². The van der Waals surface area contributed by atoms with Gasteiger partial charge in [0, 0.05) is 20.5 Å². The number of amides is 2. The van der Waals surface area contributed by atoms with Crippen LogP contribution in [0.1, 0.15) is 90.3 Å². The van der Waals surface area contributed by atoms with Gasteiger partial charge in [-0.25, -0.2) is 4.79 Å². The lowest BCUT2D eigenvalue weighted by Gasteiger charge is -2.08. The minimum absolute atomic E-state index is 0.138. The molecule has 158 valence electrons. The third-order valence-corrected chi connectivity index (χ3v) is 5.84. The van der Waals surface area contributed by atoms with Crippen LogP contribution in [0.4, 0.5) is 5.00 Å². The van der Waals surface area contributed by atoms with E-state index in [9.17, 15) is 14.4 Å². The number of thiophene rings is 1. The van der Waals surface area contributed by atoms with E-state index >= 15 is 0 Å². The number of hydrogen-bond donors (Lipinski definition) is 1. The molecule has 0 aromatic carbocycles. The van der Waals surface area contributed by atoms with Gasteiger partial charge in [-0.1, -0.05) is 51.9 Å². The van der Waals surface area contributed by atoms with Crippen molar-refractivity contribution in [2.45, 2.75) is 71.6 Å². The van der Waals surface area contributed by atoms with Crippen LogP contribution in [0.15, 0.2) is 0 Å². The van der Waals surface area contributed by atoms with Crippen molar-refractivity contribution in [2.75, 3.05) is 26.5 Å². The minimum atomic E-state index is -0.547. The van der Waals surface area contributed by atoms with Gasteiger partial charge in [0.1, 0.15) is 5.00 Å². The van der Waals surface area contributed by atoms with Gasteiger partial charge in [-0.2, -0.15) is 0 Å². The van der Waals surface area contributed by atoms with Crippen molar-refractivity contribution in [3.8, 4) is 0 Å². The number of esters is 1. The van der Waals surface area contributed by atoms with Crippen molar-refractivity contribution in [1.29, 1.82) is 0 Å². The first kappa shape index (κ1) is 24.1. The van der Waals surface area contributed by atoms with Crippen LogP contribution < -0.4 is 5.32 Å². The first-order valence-corrected chi connectivity index (χ1v) is 10.9. The van der Waals surface area contributed by atoms with Crippen LogP contribution >= 0.6 is 11.3 Å². The number of nitrogens with one attached hydrogen (secondary N) is 1. The maximum absolute atomic E-state index is 12.3. The van der Waals surface area contributed by atoms with Crippen LogP contribution in [0.25, 0.3) is 0 Å². The number of carbonyl (C=O) groups excluding carboxylic acids is 3. The topological polar surface area (TPSA) is 75.7 Å². The molecule has 1 heterocycles. The zero-order valence-corrected chi connectivity index (χ0v) is 18.7. The molecule has 0 aliphatic heterocycles. The molecule has 1 aromatic heterocycles. The molecule has 0 unspecified atom stereocenters. The molecule has 0 aliphatic carbocycles. The van der Waals surface area contributed by atoms with Gasteiger partial charge in [0.2, 0.25) is 5.91 Å². The van der Waals surface area contributed by atoms with Crippen LogP contribution in [0.3, 0.4) is 0 Å². The Kier molecular flexibility index (Phi) is 10.8. The number of nitrogens with zero attached hydrogens (tertiary/aromatic N) is 1. The number of unbranched alkanes of at least 4 members (excludes halogenated alkanes) is 7. The van der Waals surface area contributed by atoms with E-state index in [-0.39, 0.29) is 17.4 Å². The average Bonchev–Trinajstić information content (AvgIpc) is 2.98. The molecule has 0 bridgehead atoms. The molecule has 1 N–H and O–H groups in total. The van der Waals surface area contributed by atoms with E-state index in [4.69, 9.17) is 4.74 Å². The van der Waals surface area contributed by atoms with E-state index in [1.807, 2.05) is 0 Å². The highest BCUT2D eigenvalue weighted by Crippen LogP contribution is 2.34. The Bertz CT molecular complexity index is 668. The number of methoxy groups -OCH3 is 1. The van der Waals surface area contributed by atoms with Gasteiger partial charge >= 0.3 is 5.97 Å². The zero-order valence-electron chi connectivity index (χ0n) is 17.9. The van der Waals surface area contributed by atoms with Crippen LogP contribution in [0.2, 0.25) is 0 Å². The molecular formula is C21H34N2O4S. The first-order valence-electron chi connectivity index (χ1n) is 10.1. The molecule has 0 radical (unpaired) electrons. The van der Waals surface area contributed by atoms with Crippen LogP contribution in [-0.2, 0) is 9.53 Å². The molecule has 0 spiro atoms. The average molecular weight is 411 g/mol. The monoisotopic (exact) mass is 410 g/mol.